The third-order valence-corrected chi connectivity index (χ3v) is 2.79. The van der Waals surface area contributed by atoms with Gasteiger partial charge < -0.3 is 10.4 Å². The largest absolute Gasteiger partial charge is 0.392 e. The molecule has 0 fully saturated rings. The summed E-state index contributed by atoms with van der Waals surface area (Å²) in [7, 11) is 0. The first-order chi connectivity index (χ1) is 9.17. The Morgan fingerprint density at radius 1 is 0.789 bits per heavy atom. The van der Waals surface area contributed by atoms with Crippen LogP contribution in [-0.2, 0) is 19.7 Å². The summed E-state index contributed by atoms with van der Waals surface area (Å²) >= 11 is 0. The standard InChI is InChI=1S/C15H15F2NO/c16-14-5-13(6-15(17)7-14)9-18-8-11-1-3-12(10-19)4-2-11/h1-7,18-19H,8-10H2. The highest BCUT2D eigenvalue weighted by Gasteiger charge is 2.00. The molecule has 4 heteroatoms. The summed E-state index contributed by atoms with van der Waals surface area (Å²) in [4.78, 5) is 0. The molecule has 0 spiro atoms. The van der Waals surface area contributed by atoms with Gasteiger partial charge in [-0.2, -0.15) is 0 Å². The van der Waals surface area contributed by atoms with Gasteiger partial charge in [-0.3, -0.25) is 0 Å². The Labute approximate surface area is 110 Å². The molecule has 0 aliphatic rings. The van der Waals surface area contributed by atoms with E-state index in [0.717, 1.165) is 17.2 Å². The molecule has 0 radical (unpaired) electrons. The van der Waals surface area contributed by atoms with Crippen molar-refractivity contribution in [2.45, 2.75) is 19.7 Å². The molecule has 0 atom stereocenters. The van der Waals surface area contributed by atoms with E-state index < -0.39 is 11.6 Å². The van der Waals surface area contributed by atoms with Crippen molar-refractivity contribution < 1.29 is 13.9 Å². The lowest BCUT2D eigenvalue weighted by Crippen LogP contribution is -2.13. The van der Waals surface area contributed by atoms with Crippen molar-refractivity contribution >= 4 is 0 Å². The highest BCUT2D eigenvalue weighted by atomic mass is 19.1. The number of halogens is 2. The Morgan fingerprint density at radius 2 is 1.32 bits per heavy atom. The second-order valence-electron chi connectivity index (χ2n) is 4.36. The molecule has 0 amide bonds. The first-order valence-corrected chi connectivity index (χ1v) is 6.02. The van der Waals surface area contributed by atoms with Crippen LogP contribution in [0.15, 0.2) is 42.5 Å². The van der Waals surface area contributed by atoms with Gasteiger partial charge in [0.1, 0.15) is 11.6 Å². The fraction of sp³-hybridized carbons (Fsp3) is 0.200. The number of aliphatic hydroxyl groups is 1. The van der Waals surface area contributed by atoms with Crippen molar-refractivity contribution in [2.75, 3.05) is 0 Å². The Kier molecular flexibility index (Phi) is 4.60. The van der Waals surface area contributed by atoms with Crippen LogP contribution in [0.25, 0.3) is 0 Å². The van der Waals surface area contributed by atoms with Crippen molar-refractivity contribution in [3.8, 4) is 0 Å². The minimum absolute atomic E-state index is 0.0241. The Bertz CT molecular complexity index is 520. The topological polar surface area (TPSA) is 32.3 Å². The van der Waals surface area contributed by atoms with Crippen molar-refractivity contribution in [2.24, 2.45) is 0 Å². The Morgan fingerprint density at radius 3 is 1.89 bits per heavy atom. The summed E-state index contributed by atoms with van der Waals surface area (Å²) in [6, 6.07) is 11.0. The van der Waals surface area contributed by atoms with Crippen LogP contribution >= 0.6 is 0 Å². The maximum atomic E-state index is 13.0. The van der Waals surface area contributed by atoms with Gasteiger partial charge in [-0.1, -0.05) is 24.3 Å². The van der Waals surface area contributed by atoms with Crippen LogP contribution in [0.1, 0.15) is 16.7 Å². The van der Waals surface area contributed by atoms with E-state index in [1.807, 2.05) is 24.3 Å². The highest BCUT2D eigenvalue weighted by molar-refractivity contribution is 5.22. The number of rotatable bonds is 5. The van der Waals surface area contributed by atoms with E-state index in [2.05, 4.69) is 5.32 Å². The van der Waals surface area contributed by atoms with Gasteiger partial charge in [0, 0.05) is 19.2 Å². The van der Waals surface area contributed by atoms with Gasteiger partial charge >= 0.3 is 0 Å². The molecule has 0 bridgehead atoms. The summed E-state index contributed by atoms with van der Waals surface area (Å²) < 4.78 is 25.9. The van der Waals surface area contributed by atoms with Gasteiger partial charge in [0.05, 0.1) is 6.61 Å². The van der Waals surface area contributed by atoms with E-state index in [1.54, 1.807) is 0 Å². The minimum atomic E-state index is -0.566. The highest BCUT2D eigenvalue weighted by Crippen LogP contribution is 2.08. The first kappa shape index (κ1) is 13.6. The van der Waals surface area contributed by atoms with Crippen molar-refractivity contribution in [3.63, 3.8) is 0 Å². The fourth-order valence-corrected chi connectivity index (χ4v) is 1.83. The maximum Gasteiger partial charge on any atom is 0.126 e. The zero-order valence-electron chi connectivity index (χ0n) is 10.4. The van der Waals surface area contributed by atoms with Gasteiger partial charge in [-0.15, -0.1) is 0 Å². The first-order valence-electron chi connectivity index (χ1n) is 6.02. The third-order valence-electron chi connectivity index (χ3n) is 2.79. The summed E-state index contributed by atoms with van der Waals surface area (Å²) in [5, 5.41) is 12.0. The van der Waals surface area contributed by atoms with E-state index >= 15 is 0 Å². The molecule has 0 aromatic heterocycles. The van der Waals surface area contributed by atoms with E-state index in [4.69, 9.17) is 5.11 Å². The van der Waals surface area contributed by atoms with Crippen LogP contribution in [0.2, 0.25) is 0 Å². The second kappa shape index (κ2) is 6.41. The minimum Gasteiger partial charge on any atom is -0.392 e. The van der Waals surface area contributed by atoms with Gasteiger partial charge in [-0.05, 0) is 28.8 Å². The van der Waals surface area contributed by atoms with Crippen LogP contribution < -0.4 is 5.32 Å². The molecule has 2 aromatic carbocycles. The molecule has 0 saturated carbocycles. The van der Waals surface area contributed by atoms with E-state index in [0.29, 0.717) is 18.7 Å². The predicted molar refractivity (Wildman–Crippen MR) is 69.3 cm³/mol. The van der Waals surface area contributed by atoms with Crippen LogP contribution in [0, 0.1) is 11.6 Å². The molecule has 0 aliphatic heterocycles. The third kappa shape index (κ3) is 4.12. The molecule has 2 N–H and O–H groups in total. The molecule has 0 heterocycles. The molecule has 2 rings (SSSR count). The molecular weight excluding hydrogens is 248 g/mol. The summed E-state index contributed by atoms with van der Waals surface area (Å²) in [6.07, 6.45) is 0. The molecule has 2 aromatic rings. The van der Waals surface area contributed by atoms with Crippen LogP contribution in [0.4, 0.5) is 8.78 Å². The molecule has 0 saturated heterocycles. The smallest absolute Gasteiger partial charge is 0.126 e. The second-order valence-corrected chi connectivity index (χ2v) is 4.36. The van der Waals surface area contributed by atoms with Crippen LogP contribution in [0.5, 0.6) is 0 Å². The quantitative estimate of drug-likeness (QED) is 0.869. The van der Waals surface area contributed by atoms with Crippen LogP contribution in [0.3, 0.4) is 0 Å². The average Bonchev–Trinajstić information content (AvgIpc) is 2.38. The van der Waals surface area contributed by atoms with Crippen molar-refractivity contribution in [1.29, 1.82) is 0 Å². The van der Waals surface area contributed by atoms with Gasteiger partial charge in [0.25, 0.3) is 0 Å². The average molecular weight is 263 g/mol. The fourth-order valence-electron chi connectivity index (χ4n) is 1.83. The van der Waals surface area contributed by atoms with Crippen LogP contribution in [-0.4, -0.2) is 5.11 Å². The zero-order valence-corrected chi connectivity index (χ0v) is 10.4. The van der Waals surface area contributed by atoms with E-state index in [9.17, 15) is 8.78 Å². The molecular formula is C15H15F2NO. The van der Waals surface area contributed by atoms with Crippen molar-refractivity contribution in [1.82, 2.24) is 5.32 Å². The zero-order chi connectivity index (χ0) is 13.7. The summed E-state index contributed by atoms with van der Waals surface area (Å²) in [6.45, 7) is 1.02. The SMILES string of the molecule is OCc1ccc(CNCc2cc(F)cc(F)c2)cc1. The molecule has 2 nitrogen and oxygen atoms in total. The lowest BCUT2D eigenvalue weighted by atomic mass is 10.1. The number of aliphatic hydroxyl groups excluding tert-OH is 1. The number of benzene rings is 2. The van der Waals surface area contributed by atoms with Gasteiger partial charge in [0.15, 0.2) is 0 Å². The van der Waals surface area contributed by atoms with Crippen molar-refractivity contribution in [3.05, 3.63) is 70.8 Å². The summed E-state index contributed by atoms with van der Waals surface area (Å²) in [5.74, 6) is -1.13. The van der Waals surface area contributed by atoms with Gasteiger partial charge in [0.2, 0.25) is 0 Å². The number of hydrogen-bond acceptors (Lipinski definition) is 2. The monoisotopic (exact) mass is 263 g/mol. The maximum absolute atomic E-state index is 13.0. The number of hydrogen-bond donors (Lipinski definition) is 2. The lowest BCUT2D eigenvalue weighted by Gasteiger charge is -2.06. The molecule has 19 heavy (non-hydrogen) atoms. The van der Waals surface area contributed by atoms with Gasteiger partial charge in [-0.25, -0.2) is 8.78 Å². The normalized spacial score (nSPS) is 10.7. The Hall–Kier alpha value is -1.78. The number of nitrogens with one attached hydrogen (secondary N) is 1. The summed E-state index contributed by atoms with van der Waals surface area (Å²) in [5.41, 5.74) is 2.48. The molecule has 0 aliphatic carbocycles. The lowest BCUT2D eigenvalue weighted by molar-refractivity contribution is 0.282. The molecule has 100 valence electrons. The Balaban J connectivity index is 1.88. The predicted octanol–water partition coefficient (Wildman–Crippen LogP) is 2.75. The van der Waals surface area contributed by atoms with E-state index in [-0.39, 0.29) is 6.61 Å². The van der Waals surface area contributed by atoms with E-state index in [1.165, 1.54) is 12.1 Å². The molecule has 0 unspecified atom stereocenters.